The van der Waals surface area contributed by atoms with E-state index < -0.39 is 0 Å². The van der Waals surface area contributed by atoms with Gasteiger partial charge >= 0.3 is 0 Å². The molecule has 1 saturated heterocycles. The van der Waals surface area contributed by atoms with Gasteiger partial charge in [0.2, 0.25) is 6.79 Å². The predicted molar refractivity (Wildman–Crippen MR) is 127 cm³/mol. The molecule has 0 aliphatic carbocycles. The number of carbonyl (C=O) groups excluding carboxylic acids is 1. The summed E-state index contributed by atoms with van der Waals surface area (Å²) in [6.45, 7) is 5.23. The molecule has 0 radical (unpaired) electrons. The standard InChI is InChI=1S/C25H26FN3O3S/c1-17(27-25(30)18-8-9-21-22(15-18)32-16-31-21)24(23-7-4-14-33-23)29-12-10-28(11-13-29)20-6-3-2-5-19(20)26/h2-9,14-15,17,24H,10-13,16H2,1H3,(H,27,30)/t17-,24+/m1/s1. The van der Waals surface area contributed by atoms with Crippen LogP contribution < -0.4 is 19.7 Å². The Morgan fingerprint density at radius 2 is 1.82 bits per heavy atom. The van der Waals surface area contributed by atoms with Gasteiger partial charge < -0.3 is 19.7 Å². The van der Waals surface area contributed by atoms with Crippen LogP contribution in [-0.4, -0.2) is 49.8 Å². The molecule has 0 saturated carbocycles. The molecule has 1 fully saturated rings. The van der Waals surface area contributed by atoms with Gasteiger partial charge in [-0.25, -0.2) is 4.39 Å². The fourth-order valence-corrected chi connectivity index (χ4v) is 5.52. The molecule has 1 aromatic heterocycles. The topological polar surface area (TPSA) is 54.0 Å². The van der Waals surface area contributed by atoms with Crippen molar-refractivity contribution in [1.82, 2.24) is 10.2 Å². The lowest BCUT2D eigenvalue weighted by molar-refractivity contribution is 0.0890. The second kappa shape index (κ2) is 9.41. The maximum Gasteiger partial charge on any atom is 0.251 e. The summed E-state index contributed by atoms with van der Waals surface area (Å²) in [5.41, 5.74) is 1.19. The summed E-state index contributed by atoms with van der Waals surface area (Å²) in [5.74, 6) is 0.913. The van der Waals surface area contributed by atoms with E-state index in [4.69, 9.17) is 9.47 Å². The third kappa shape index (κ3) is 4.54. The summed E-state index contributed by atoms with van der Waals surface area (Å²) in [4.78, 5) is 18.7. The van der Waals surface area contributed by atoms with Crippen LogP contribution in [0, 0.1) is 5.82 Å². The van der Waals surface area contributed by atoms with Gasteiger partial charge in [-0.3, -0.25) is 9.69 Å². The van der Waals surface area contributed by atoms with Crippen LogP contribution in [0.2, 0.25) is 0 Å². The number of halogens is 1. The number of hydrogen-bond acceptors (Lipinski definition) is 6. The first-order valence-corrected chi connectivity index (χ1v) is 12.0. The molecule has 33 heavy (non-hydrogen) atoms. The molecule has 0 bridgehead atoms. The largest absolute Gasteiger partial charge is 0.454 e. The van der Waals surface area contributed by atoms with E-state index in [9.17, 15) is 9.18 Å². The quantitative estimate of drug-likeness (QED) is 0.586. The number of para-hydroxylation sites is 1. The lowest BCUT2D eigenvalue weighted by Gasteiger charge is -2.42. The van der Waals surface area contributed by atoms with Crippen LogP contribution >= 0.6 is 11.3 Å². The van der Waals surface area contributed by atoms with Crippen molar-refractivity contribution in [1.29, 1.82) is 0 Å². The molecule has 0 spiro atoms. The Bertz CT molecular complexity index is 1120. The summed E-state index contributed by atoms with van der Waals surface area (Å²) in [6, 6.07) is 16.2. The number of thiophene rings is 1. The second-order valence-electron chi connectivity index (χ2n) is 8.26. The minimum absolute atomic E-state index is 0.0331. The number of nitrogens with one attached hydrogen (secondary N) is 1. The number of rotatable bonds is 6. The number of nitrogens with zero attached hydrogens (tertiary/aromatic N) is 2. The monoisotopic (exact) mass is 467 g/mol. The summed E-state index contributed by atoms with van der Waals surface area (Å²) >= 11 is 1.69. The van der Waals surface area contributed by atoms with E-state index in [0.717, 1.165) is 26.2 Å². The van der Waals surface area contributed by atoms with Crippen molar-refractivity contribution in [3.05, 3.63) is 76.2 Å². The third-order valence-corrected chi connectivity index (χ3v) is 7.15. The molecule has 2 aliphatic heterocycles. The van der Waals surface area contributed by atoms with E-state index >= 15 is 0 Å². The Balaban J connectivity index is 1.29. The zero-order valence-corrected chi connectivity index (χ0v) is 19.2. The number of piperazine rings is 1. The van der Waals surface area contributed by atoms with E-state index in [2.05, 4.69) is 26.6 Å². The smallest absolute Gasteiger partial charge is 0.251 e. The molecule has 8 heteroatoms. The maximum atomic E-state index is 14.3. The molecular formula is C25H26FN3O3S. The van der Waals surface area contributed by atoms with E-state index in [0.29, 0.717) is 22.7 Å². The van der Waals surface area contributed by atoms with Crippen molar-refractivity contribution in [2.45, 2.75) is 19.0 Å². The molecular weight excluding hydrogens is 441 g/mol. The zero-order valence-electron chi connectivity index (χ0n) is 18.4. The summed E-state index contributed by atoms with van der Waals surface area (Å²) < 4.78 is 25.0. The van der Waals surface area contributed by atoms with Crippen LogP contribution in [0.4, 0.5) is 10.1 Å². The van der Waals surface area contributed by atoms with Gasteiger partial charge in [0, 0.05) is 42.7 Å². The molecule has 0 unspecified atom stereocenters. The van der Waals surface area contributed by atoms with Gasteiger partial charge in [0.1, 0.15) is 5.82 Å². The number of hydrogen-bond donors (Lipinski definition) is 1. The lowest BCUT2D eigenvalue weighted by Crippen LogP contribution is -2.52. The number of ether oxygens (including phenoxy) is 2. The van der Waals surface area contributed by atoms with Gasteiger partial charge in [0.05, 0.1) is 11.7 Å². The molecule has 2 aromatic carbocycles. The van der Waals surface area contributed by atoms with Crippen molar-refractivity contribution in [2.75, 3.05) is 37.9 Å². The first kappa shape index (κ1) is 21.7. The summed E-state index contributed by atoms with van der Waals surface area (Å²) in [6.07, 6.45) is 0. The van der Waals surface area contributed by atoms with Crippen LogP contribution in [0.25, 0.3) is 0 Å². The van der Waals surface area contributed by atoms with Crippen molar-refractivity contribution < 1.29 is 18.7 Å². The molecule has 172 valence electrons. The van der Waals surface area contributed by atoms with Crippen LogP contribution in [0.15, 0.2) is 60.0 Å². The molecule has 1 amide bonds. The normalized spacial score (nSPS) is 17.6. The highest BCUT2D eigenvalue weighted by Gasteiger charge is 2.31. The molecule has 2 aliphatic rings. The van der Waals surface area contributed by atoms with Crippen molar-refractivity contribution in [3.8, 4) is 11.5 Å². The van der Waals surface area contributed by atoms with Gasteiger partial charge in [0.25, 0.3) is 5.91 Å². The Labute approximate surface area is 196 Å². The van der Waals surface area contributed by atoms with Gasteiger partial charge in [-0.2, -0.15) is 0 Å². The van der Waals surface area contributed by atoms with Crippen LogP contribution in [0.3, 0.4) is 0 Å². The summed E-state index contributed by atoms with van der Waals surface area (Å²) in [7, 11) is 0. The minimum Gasteiger partial charge on any atom is -0.454 e. The van der Waals surface area contributed by atoms with Crippen LogP contribution in [0.1, 0.15) is 28.2 Å². The zero-order chi connectivity index (χ0) is 22.8. The number of carbonyl (C=O) groups is 1. The molecule has 3 heterocycles. The van der Waals surface area contributed by atoms with Crippen LogP contribution in [-0.2, 0) is 0 Å². The fourth-order valence-electron chi connectivity index (χ4n) is 4.56. The van der Waals surface area contributed by atoms with Gasteiger partial charge in [-0.15, -0.1) is 11.3 Å². The Morgan fingerprint density at radius 1 is 1.03 bits per heavy atom. The number of amides is 1. The Kier molecular flexibility index (Phi) is 6.20. The first-order valence-electron chi connectivity index (χ1n) is 11.1. The highest BCUT2D eigenvalue weighted by Crippen LogP contribution is 2.33. The highest BCUT2D eigenvalue weighted by atomic mass is 32.1. The maximum absolute atomic E-state index is 14.3. The average molecular weight is 468 g/mol. The van der Waals surface area contributed by atoms with E-state index in [1.165, 1.54) is 10.9 Å². The van der Waals surface area contributed by atoms with E-state index in [1.54, 1.807) is 35.6 Å². The van der Waals surface area contributed by atoms with Crippen molar-refractivity contribution in [3.63, 3.8) is 0 Å². The summed E-state index contributed by atoms with van der Waals surface area (Å²) in [5, 5.41) is 5.24. The molecule has 2 atom stereocenters. The lowest BCUT2D eigenvalue weighted by atomic mass is 10.0. The SMILES string of the molecule is C[C@@H](NC(=O)c1ccc2c(c1)OCO2)[C@@H](c1cccs1)N1CCN(c2ccccc2F)CC1. The Morgan fingerprint density at radius 3 is 2.58 bits per heavy atom. The van der Waals surface area contributed by atoms with Crippen molar-refractivity contribution >= 4 is 22.9 Å². The molecule has 1 N–H and O–H groups in total. The first-order chi connectivity index (χ1) is 16.1. The third-order valence-electron chi connectivity index (χ3n) is 6.20. The Hall–Kier alpha value is -3.10. The van der Waals surface area contributed by atoms with Crippen LogP contribution in [0.5, 0.6) is 11.5 Å². The number of anilines is 1. The predicted octanol–water partition coefficient (Wildman–Crippen LogP) is 4.30. The number of benzene rings is 2. The number of fused-ring (bicyclic) bond motifs is 1. The van der Waals surface area contributed by atoms with Gasteiger partial charge in [-0.1, -0.05) is 18.2 Å². The molecule has 6 nitrogen and oxygen atoms in total. The van der Waals surface area contributed by atoms with E-state index in [1.807, 2.05) is 25.1 Å². The van der Waals surface area contributed by atoms with Gasteiger partial charge in [0.15, 0.2) is 11.5 Å². The van der Waals surface area contributed by atoms with Crippen molar-refractivity contribution in [2.24, 2.45) is 0 Å². The second-order valence-corrected chi connectivity index (χ2v) is 9.24. The minimum atomic E-state index is -0.190. The molecule has 3 aromatic rings. The fraction of sp³-hybridized carbons (Fsp3) is 0.320. The van der Waals surface area contributed by atoms with E-state index in [-0.39, 0.29) is 30.6 Å². The highest BCUT2D eigenvalue weighted by molar-refractivity contribution is 7.10. The molecule has 5 rings (SSSR count). The van der Waals surface area contributed by atoms with Gasteiger partial charge in [-0.05, 0) is 48.7 Å². The average Bonchev–Trinajstić information content (AvgIpc) is 3.52.